The molecule has 0 aromatic carbocycles. The summed E-state index contributed by atoms with van der Waals surface area (Å²) in [5.41, 5.74) is 0. The highest BCUT2D eigenvalue weighted by Crippen LogP contribution is 2.18. The van der Waals surface area contributed by atoms with Crippen LogP contribution in [0.4, 0.5) is 0 Å². The third kappa shape index (κ3) is 71.4. The van der Waals surface area contributed by atoms with Crippen molar-refractivity contribution in [1.82, 2.24) is 0 Å². The number of quaternary nitrogens is 1. The molecule has 0 fully saturated rings. The van der Waals surface area contributed by atoms with Crippen LogP contribution in [0.5, 0.6) is 0 Å². The van der Waals surface area contributed by atoms with E-state index in [-0.39, 0.29) is 32.2 Å². The fourth-order valence-corrected chi connectivity index (χ4v) is 10.6. The van der Waals surface area contributed by atoms with E-state index in [0.717, 1.165) is 96.3 Å². The van der Waals surface area contributed by atoms with Crippen LogP contribution in [0.3, 0.4) is 0 Å². The first kappa shape index (κ1) is 85.9. The third-order valence-electron chi connectivity index (χ3n) is 16.3. The molecule has 2 unspecified atom stereocenters. The van der Waals surface area contributed by atoms with Crippen LogP contribution in [-0.2, 0) is 33.3 Å². The van der Waals surface area contributed by atoms with Crippen molar-refractivity contribution in [3.8, 4) is 0 Å². The Kier molecular flexibility index (Phi) is 67.6. The van der Waals surface area contributed by atoms with Crippen LogP contribution in [0.2, 0.25) is 0 Å². The predicted octanol–water partition coefficient (Wildman–Crippen LogP) is 23.8. The van der Waals surface area contributed by atoms with Gasteiger partial charge >= 0.3 is 17.9 Å². The molecule has 518 valence electrons. The van der Waals surface area contributed by atoms with Gasteiger partial charge in [-0.3, -0.25) is 9.59 Å². The summed E-state index contributed by atoms with van der Waals surface area (Å²) < 4.78 is 23.0. The fourth-order valence-electron chi connectivity index (χ4n) is 10.6. The maximum absolute atomic E-state index is 12.9. The number of nitrogens with zero attached hydrogens (tertiary/aromatic N) is 1. The number of allylic oxidation sites excluding steroid dienone is 18. The number of hydrogen-bond acceptors (Lipinski definition) is 7. The highest BCUT2D eigenvalue weighted by molar-refractivity contribution is 5.71. The van der Waals surface area contributed by atoms with Crippen molar-refractivity contribution in [1.29, 1.82) is 0 Å². The molecule has 0 spiro atoms. The summed E-state index contributed by atoms with van der Waals surface area (Å²) in [6.45, 7) is 4.76. The van der Waals surface area contributed by atoms with Gasteiger partial charge in [0.15, 0.2) is 6.10 Å². The molecule has 0 rings (SSSR count). The molecule has 0 saturated carbocycles. The number of unbranched alkanes of at least 4 members (excludes halogenated alkanes) is 36. The molecule has 0 radical (unpaired) electrons. The number of ether oxygens (including phenoxy) is 4. The average Bonchev–Trinajstić information content (AvgIpc) is 3.63. The van der Waals surface area contributed by atoms with E-state index < -0.39 is 24.3 Å². The lowest BCUT2D eigenvalue weighted by atomic mass is 10.0. The highest BCUT2D eigenvalue weighted by atomic mass is 16.7. The standard InChI is InChI=1S/C81H141NO8/c1-6-8-10-12-14-16-18-20-22-24-26-28-30-32-34-36-38-39-40-42-43-45-47-49-51-53-55-57-59-61-63-65-67-69-71-78(83)88-75-77(76-89-81(80(85)86)87-74-73-82(3,4)5)90-79(84)72-70-68-66-64-62-60-58-56-54-52-50-48-46-44-41-37-35-33-31-29-27-25-23-21-19-17-15-13-11-9-7-2/h9,11,15,17,21,23,27,29,33,35,41,44,48,50,54,56,60,62,77,81H,6-8,10,12-14,16,18-20,22,24-26,28,30-32,34,36-40,42-43,45-47,49,51-53,55,57-59,61,63-76H2,1-5H3/p+1/b11-9-,17-15-,23-21-,29-27-,35-33-,44-41-,50-48-,56-54-,62-60-. The van der Waals surface area contributed by atoms with Crippen molar-refractivity contribution in [3.05, 3.63) is 109 Å². The second-order valence-electron chi connectivity index (χ2n) is 26.2. The van der Waals surface area contributed by atoms with Gasteiger partial charge in [-0.25, -0.2) is 4.79 Å². The van der Waals surface area contributed by atoms with Gasteiger partial charge in [0.2, 0.25) is 0 Å². The Morgan fingerprint density at radius 1 is 0.344 bits per heavy atom. The molecule has 0 amide bonds. The van der Waals surface area contributed by atoms with Crippen LogP contribution in [0.1, 0.15) is 328 Å². The van der Waals surface area contributed by atoms with Gasteiger partial charge in [0.05, 0.1) is 34.4 Å². The molecule has 0 saturated heterocycles. The minimum Gasteiger partial charge on any atom is -0.477 e. The Labute approximate surface area is 555 Å². The average molecular weight is 1260 g/mol. The molecular weight excluding hydrogens is 1110 g/mol. The van der Waals surface area contributed by atoms with Crippen molar-refractivity contribution < 1.29 is 42.9 Å². The van der Waals surface area contributed by atoms with Gasteiger partial charge in [-0.2, -0.15) is 0 Å². The highest BCUT2D eigenvalue weighted by Gasteiger charge is 2.25. The molecule has 0 heterocycles. The van der Waals surface area contributed by atoms with Crippen LogP contribution < -0.4 is 0 Å². The lowest BCUT2D eigenvalue weighted by Gasteiger charge is -2.25. The smallest absolute Gasteiger partial charge is 0.361 e. The quantitative estimate of drug-likeness (QED) is 0.0211. The third-order valence-corrected chi connectivity index (χ3v) is 16.3. The second-order valence-corrected chi connectivity index (χ2v) is 26.2. The molecule has 0 aromatic heterocycles. The number of aliphatic carboxylic acids is 1. The summed E-state index contributed by atoms with van der Waals surface area (Å²) in [6.07, 6.45) is 96.6. The number of carboxylic acids is 1. The van der Waals surface area contributed by atoms with Gasteiger partial charge in [-0.15, -0.1) is 0 Å². The number of carbonyl (C=O) groups excluding carboxylic acids is 2. The molecule has 0 aliphatic heterocycles. The topological polar surface area (TPSA) is 108 Å². The Morgan fingerprint density at radius 2 is 0.633 bits per heavy atom. The molecule has 9 nitrogen and oxygen atoms in total. The van der Waals surface area contributed by atoms with Gasteiger partial charge in [-0.05, 0) is 83.5 Å². The van der Waals surface area contributed by atoms with E-state index in [1.54, 1.807) is 0 Å². The van der Waals surface area contributed by atoms with E-state index in [9.17, 15) is 19.5 Å². The van der Waals surface area contributed by atoms with E-state index >= 15 is 0 Å². The lowest BCUT2D eigenvalue weighted by molar-refractivity contribution is -0.870. The van der Waals surface area contributed by atoms with E-state index in [1.165, 1.54) is 199 Å². The summed E-state index contributed by atoms with van der Waals surface area (Å²) in [7, 11) is 5.97. The normalized spacial score (nSPS) is 13.3. The number of likely N-dealkylation sites (N-methyl/N-ethyl adjacent to an activating group) is 1. The fraction of sp³-hybridized carbons (Fsp3) is 0.741. The Morgan fingerprint density at radius 3 is 0.944 bits per heavy atom. The zero-order valence-electron chi connectivity index (χ0n) is 59.3. The molecule has 9 heteroatoms. The first-order valence-electron chi connectivity index (χ1n) is 37.6. The monoisotopic (exact) mass is 1260 g/mol. The van der Waals surface area contributed by atoms with Crippen LogP contribution in [0.25, 0.3) is 0 Å². The molecule has 2 atom stereocenters. The van der Waals surface area contributed by atoms with Gasteiger partial charge in [0, 0.05) is 12.8 Å². The van der Waals surface area contributed by atoms with Crippen molar-refractivity contribution in [2.45, 2.75) is 341 Å². The van der Waals surface area contributed by atoms with E-state index in [0.29, 0.717) is 23.9 Å². The SMILES string of the molecule is CC/C=C\C/C=C\C/C=C\C/C=C\C/C=C\C/C=C\C/C=C\C/C=C\C/C=C\CCCCCC(=O)OC(COC(=O)CCCCCCCCCCCCCCCCCCCCCCCCCCCCCCCCCCCC)COC(OCC[N+](C)(C)C)C(=O)O. The number of hydrogen-bond donors (Lipinski definition) is 1. The largest absolute Gasteiger partial charge is 0.477 e. The molecule has 1 N–H and O–H groups in total. The van der Waals surface area contributed by atoms with E-state index in [4.69, 9.17) is 18.9 Å². The number of carboxylic acid groups (broad SMARTS) is 1. The summed E-state index contributed by atoms with van der Waals surface area (Å²) in [6, 6.07) is 0. The summed E-state index contributed by atoms with van der Waals surface area (Å²) in [5.74, 6) is -2.05. The summed E-state index contributed by atoms with van der Waals surface area (Å²) in [4.78, 5) is 37.7. The van der Waals surface area contributed by atoms with Gasteiger partial charge < -0.3 is 28.5 Å². The molecule has 0 aromatic rings. The predicted molar refractivity (Wildman–Crippen MR) is 387 cm³/mol. The molecule has 0 aliphatic rings. The maximum atomic E-state index is 12.9. The van der Waals surface area contributed by atoms with Crippen molar-refractivity contribution in [3.63, 3.8) is 0 Å². The van der Waals surface area contributed by atoms with Crippen LogP contribution in [-0.4, -0.2) is 87.4 Å². The van der Waals surface area contributed by atoms with Crippen LogP contribution in [0, 0.1) is 0 Å². The van der Waals surface area contributed by atoms with E-state index in [1.807, 2.05) is 21.1 Å². The Hall–Kier alpha value is -4.05. The molecule has 0 aliphatic carbocycles. The maximum Gasteiger partial charge on any atom is 0.361 e. The van der Waals surface area contributed by atoms with Gasteiger partial charge in [0.25, 0.3) is 6.29 Å². The Bertz CT molecular complexity index is 1850. The lowest BCUT2D eigenvalue weighted by Crippen LogP contribution is -2.40. The first-order valence-corrected chi connectivity index (χ1v) is 37.6. The van der Waals surface area contributed by atoms with E-state index in [2.05, 4.69) is 123 Å². The van der Waals surface area contributed by atoms with Gasteiger partial charge in [0.1, 0.15) is 13.2 Å². The first-order chi connectivity index (χ1) is 44.1. The molecular formula is C81H142NO8+. The van der Waals surface area contributed by atoms with Crippen molar-refractivity contribution in [2.24, 2.45) is 0 Å². The van der Waals surface area contributed by atoms with Crippen LogP contribution in [0.15, 0.2) is 109 Å². The minimum absolute atomic E-state index is 0.177. The van der Waals surface area contributed by atoms with Crippen molar-refractivity contribution >= 4 is 17.9 Å². The Balaban J connectivity index is 4.13. The summed E-state index contributed by atoms with van der Waals surface area (Å²) >= 11 is 0. The number of esters is 2. The van der Waals surface area contributed by atoms with Crippen LogP contribution >= 0.6 is 0 Å². The zero-order chi connectivity index (χ0) is 65.4. The summed E-state index contributed by atoms with van der Waals surface area (Å²) in [5, 5.41) is 9.75. The minimum atomic E-state index is -1.53. The second kappa shape index (κ2) is 70.8. The molecule has 90 heavy (non-hydrogen) atoms. The zero-order valence-corrected chi connectivity index (χ0v) is 59.3. The number of carbonyl (C=O) groups is 3. The van der Waals surface area contributed by atoms with Crippen molar-refractivity contribution in [2.75, 3.05) is 47.5 Å². The number of rotatable bonds is 69. The van der Waals surface area contributed by atoms with Gasteiger partial charge in [-0.1, -0.05) is 342 Å². The molecule has 0 bridgehead atoms.